The summed E-state index contributed by atoms with van der Waals surface area (Å²) in [7, 11) is 3.51. The van der Waals surface area contributed by atoms with Gasteiger partial charge in [0.15, 0.2) is 0 Å². The van der Waals surface area contributed by atoms with Crippen molar-refractivity contribution in [1.29, 1.82) is 0 Å². The topological polar surface area (TPSA) is 108 Å². The number of rotatable bonds is 6. The molecule has 35 heavy (non-hydrogen) atoms. The van der Waals surface area contributed by atoms with E-state index < -0.39 is 6.04 Å². The van der Waals surface area contributed by atoms with E-state index in [9.17, 15) is 4.79 Å². The van der Waals surface area contributed by atoms with E-state index in [0.29, 0.717) is 39.6 Å². The molecule has 0 saturated carbocycles. The van der Waals surface area contributed by atoms with Gasteiger partial charge in [-0.25, -0.2) is 9.97 Å². The molecule has 178 valence electrons. The van der Waals surface area contributed by atoms with Crippen LogP contribution >= 0.6 is 0 Å². The molecular formula is C26H25N5O4. The summed E-state index contributed by atoms with van der Waals surface area (Å²) in [6.45, 7) is 5.52. The lowest BCUT2D eigenvalue weighted by Gasteiger charge is -2.20. The lowest BCUT2D eigenvalue weighted by atomic mass is 10.0. The Morgan fingerprint density at radius 2 is 1.91 bits per heavy atom. The second kappa shape index (κ2) is 8.75. The molecule has 1 amide bonds. The van der Waals surface area contributed by atoms with E-state index >= 15 is 0 Å². The van der Waals surface area contributed by atoms with Crippen LogP contribution in [0.3, 0.4) is 0 Å². The molecule has 1 unspecified atom stereocenters. The average Bonchev–Trinajstić information content (AvgIpc) is 3.55. The predicted molar refractivity (Wildman–Crippen MR) is 129 cm³/mol. The minimum absolute atomic E-state index is 0.293. The van der Waals surface area contributed by atoms with E-state index in [-0.39, 0.29) is 5.91 Å². The van der Waals surface area contributed by atoms with Gasteiger partial charge in [0.05, 0.1) is 29.4 Å². The number of ether oxygens (including phenoxy) is 1. The molecule has 0 spiro atoms. The van der Waals surface area contributed by atoms with Gasteiger partial charge < -0.3 is 23.6 Å². The molecule has 0 bridgehead atoms. The van der Waals surface area contributed by atoms with Crippen molar-refractivity contribution in [3.05, 3.63) is 83.0 Å². The summed E-state index contributed by atoms with van der Waals surface area (Å²) in [6, 6.07) is 10.7. The van der Waals surface area contributed by atoms with Crippen molar-refractivity contribution in [2.24, 2.45) is 7.05 Å². The van der Waals surface area contributed by atoms with Crippen molar-refractivity contribution in [3.63, 3.8) is 0 Å². The van der Waals surface area contributed by atoms with Gasteiger partial charge in [0, 0.05) is 25.0 Å². The Labute approximate surface area is 201 Å². The number of methoxy groups -OCH3 is 1. The Morgan fingerprint density at radius 1 is 1.14 bits per heavy atom. The number of fused-ring (bicyclic) bond motifs is 1. The highest BCUT2D eigenvalue weighted by Gasteiger charge is 2.26. The molecule has 1 aromatic carbocycles. The van der Waals surface area contributed by atoms with Crippen LogP contribution in [-0.2, 0) is 7.05 Å². The number of aromatic nitrogens is 4. The lowest BCUT2D eigenvalue weighted by Crippen LogP contribution is -2.31. The molecule has 5 rings (SSSR count). The van der Waals surface area contributed by atoms with Gasteiger partial charge in [-0.2, -0.15) is 0 Å². The molecule has 0 aliphatic rings. The zero-order valence-electron chi connectivity index (χ0n) is 20.1. The summed E-state index contributed by atoms with van der Waals surface area (Å²) in [6.07, 6.45) is 3.55. The molecule has 0 radical (unpaired) electrons. The molecule has 5 aromatic rings. The molecule has 9 nitrogen and oxygen atoms in total. The Kier molecular flexibility index (Phi) is 5.60. The zero-order valence-corrected chi connectivity index (χ0v) is 20.1. The third kappa shape index (κ3) is 4.05. The normalized spacial score (nSPS) is 12.1. The number of carbonyl (C=O) groups excluding carboxylic acids is 1. The lowest BCUT2D eigenvalue weighted by molar-refractivity contribution is 0.0942. The van der Waals surface area contributed by atoms with Gasteiger partial charge in [0.2, 0.25) is 0 Å². The van der Waals surface area contributed by atoms with Crippen LogP contribution in [0.15, 0.2) is 57.7 Å². The first kappa shape index (κ1) is 22.4. The zero-order chi connectivity index (χ0) is 24.7. The third-order valence-corrected chi connectivity index (χ3v) is 6.02. The van der Waals surface area contributed by atoms with E-state index in [1.165, 1.54) is 0 Å². The Hall–Kier alpha value is -4.40. The van der Waals surface area contributed by atoms with Crippen molar-refractivity contribution in [1.82, 2.24) is 25.0 Å². The monoisotopic (exact) mass is 471 g/mol. The number of imidazole rings is 1. The molecule has 1 atom stereocenters. The second-order valence-corrected chi connectivity index (χ2v) is 8.41. The highest BCUT2D eigenvalue weighted by Crippen LogP contribution is 2.31. The highest BCUT2D eigenvalue weighted by molar-refractivity contribution is 6.07. The third-order valence-electron chi connectivity index (χ3n) is 6.02. The van der Waals surface area contributed by atoms with Gasteiger partial charge in [-0.05, 0) is 50.6 Å². The fraction of sp³-hybridized carbons (Fsp3) is 0.231. The molecule has 4 aromatic heterocycles. The molecule has 0 aliphatic heterocycles. The van der Waals surface area contributed by atoms with Gasteiger partial charge in [-0.3, -0.25) is 4.79 Å². The quantitative estimate of drug-likeness (QED) is 0.383. The first-order chi connectivity index (χ1) is 16.9. The van der Waals surface area contributed by atoms with Gasteiger partial charge >= 0.3 is 0 Å². The van der Waals surface area contributed by atoms with Gasteiger partial charge in [-0.15, -0.1) is 0 Å². The predicted octanol–water partition coefficient (Wildman–Crippen LogP) is 4.67. The summed E-state index contributed by atoms with van der Waals surface area (Å²) in [5, 5.41) is 7.77. The molecular weight excluding hydrogens is 446 g/mol. The van der Waals surface area contributed by atoms with Crippen LogP contribution in [-0.4, -0.2) is 32.7 Å². The number of amides is 1. The van der Waals surface area contributed by atoms with Crippen molar-refractivity contribution in [2.75, 3.05) is 7.11 Å². The molecule has 0 saturated heterocycles. The summed E-state index contributed by atoms with van der Waals surface area (Å²) in [4.78, 5) is 22.9. The average molecular weight is 472 g/mol. The van der Waals surface area contributed by atoms with Crippen molar-refractivity contribution in [2.45, 2.75) is 26.8 Å². The number of benzene rings is 1. The Bertz CT molecular complexity index is 1530. The fourth-order valence-corrected chi connectivity index (χ4v) is 4.25. The number of nitrogens with zero attached hydrogens (tertiary/aromatic N) is 4. The van der Waals surface area contributed by atoms with Crippen LogP contribution in [0.5, 0.6) is 5.75 Å². The molecule has 4 heterocycles. The standard InChI is InChI=1S/C26H25N5O4/c1-14-12-19(16(3)34-14)21-13-20(22-15(2)30-35-26(22)28-21)25(32)29-23(24-27-10-11-31(24)4)17-6-8-18(33-5)9-7-17/h6-13,23H,1-5H3,(H,29,32). The molecule has 9 heteroatoms. The van der Waals surface area contributed by atoms with E-state index in [1.54, 1.807) is 26.3 Å². The number of nitrogens with one attached hydrogen (secondary N) is 1. The molecule has 1 N–H and O–H groups in total. The van der Waals surface area contributed by atoms with Gasteiger partial charge in [0.1, 0.15) is 29.1 Å². The van der Waals surface area contributed by atoms with Crippen LogP contribution in [0.25, 0.3) is 22.4 Å². The maximum Gasteiger partial charge on any atom is 0.259 e. The van der Waals surface area contributed by atoms with Gasteiger partial charge in [-0.1, -0.05) is 17.3 Å². The maximum atomic E-state index is 13.8. The number of aryl methyl sites for hydroxylation is 4. The molecule has 0 fully saturated rings. The van der Waals surface area contributed by atoms with E-state index in [1.807, 2.05) is 62.0 Å². The fourth-order valence-electron chi connectivity index (χ4n) is 4.25. The van der Waals surface area contributed by atoms with E-state index in [2.05, 4.69) is 20.4 Å². The minimum Gasteiger partial charge on any atom is -0.497 e. The van der Waals surface area contributed by atoms with Crippen LogP contribution in [0, 0.1) is 20.8 Å². The first-order valence-electron chi connectivity index (χ1n) is 11.1. The van der Waals surface area contributed by atoms with Crippen LogP contribution < -0.4 is 10.1 Å². The molecule has 0 aliphatic carbocycles. The van der Waals surface area contributed by atoms with Crippen molar-refractivity contribution >= 4 is 17.0 Å². The Balaban J connectivity index is 1.60. The number of hydrogen-bond acceptors (Lipinski definition) is 7. The second-order valence-electron chi connectivity index (χ2n) is 8.41. The van der Waals surface area contributed by atoms with Crippen LogP contribution in [0.4, 0.5) is 0 Å². The van der Waals surface area contributed by atoms with Gasteiger partial charge in [0.25, 0.3) is 11.6 Å². The summed E-state index contributed by atoms with van der Waals surface area (Å²) < 4.78 is 18.3. The van der Waals surface area contributed by atoms with Crippen molar-refractivity contribution < 1.29 is 18.5 Å². The number of carbonyl (C=O) groups is 1. The largest absolute Gasteiger partial charge is 0.497 e. The van der Waals surface area contributed by atoms with Crippen molar-refractivity contribution in [3.8, 4) is 17.0 Å². The summed E-state index contributed by atoms with van der Waals surface area (Å²) in [5.41, 5.74) is 3.52. The van der Waals surface area contributed by atoms with E-state index in [4.69, 9.17) is 13.7 Å². The number of hydrogen-bond donors (Lipinski definition) is 1. The highest BCUT2D eigenvalue weighted by atomic mass is 16.5. The summed E-state index contributed by atoms with van der Waals surface area (Å²) >= 11 is 0. The number of pyridine rings is 1. The maximum absolute atomic E-state index is 13.8. The first-order valence-corrected chi connectivity index (χ1v) is 11.1. The smallest absolute Gasteiger partial charge is 0.259 e. The van der Waals surface area contributed by atoms with Crippen LogP contribution in [0.2, 0.25) is 0 Å². The van der Waals surface area contributed by atoms with E-state index in [0.717, 1.165) is 22.6 Å². The van der Waals surface area contributed by atoms with Crippen LogP contribution in [0.1, 0.15) is 45.0 Å². The Morgan fingerprint density at radius 3 is 2.54 bits per heavy atom. The summed E-state index contributed by atoms with van der Waals surface area (Å²) in [5.74, 6) is 2.59. The number of furan rings is 1. The SMILES string of the molecule is COc1ccc(C(NC(=O)c2cc(-c3cc(C)oc3C)nc3onc(C)c23)c2nccn2C)cc1. The minimum atomic E-state index is -0.502.